The van der Waals surface area contributed by atoms with Crippen molar-refractivity contribution in [1.82, 2.24) is 10.0 Å². The maximum absolute atomic E-state index is 12.3. The fraction of sp³-hybridized carbons (Fsp3) is 0.692. The van der Waals surface area contributed by atoms with Crippen LogP contribution in [0.5, 0.6) is 0 Å². The van der Waals surface area contributed by atoms with E-state index in [2.05, 4.69) is 17.0 Å². The minimum Gasteiger partial charge on any atom is -0.309 e. The Labute approximate surface area is 119 Å². The van der Waals surface area contributed by atoms with Gasteiger partial charge in [-0.1, -0.05) is 20.3 Å². The van der Waals surface area contributed by atoms with Crippen LogP contribution < -0.4 is 10.0 Å². The Morgan fingerprint density at radius 2 is 2.21 bits per heavy atom. The number of sulfonamides is 1. The second kappa shape index (κ2) is 6.35. The second-order valence-corrected chi connectivity index (χ2v) is 7.96. The van der Waals surface area contributed by atoms with Gasteiger partial charge in [0, 0.05) is 24.0 Å². The molecule has 2 N–H and O–H groups in total. The van der Waals surface area contributed by atoms with Gasteiger partial charge in [-0.15, -0.1) is 11.3 Å². The Hall–Kier alpha value is -0.430. The van der Waals surface area contributed by atoms with Gasteiger partial charge in [-0.05, 0) is 30.2 Å². The molecule has 0 radical (unpaired) electrons. The molecule has 0 spiro atoms. The maximum atomic E-state index is 12.3. The topological polar surface area (TPSA) is 58.2 Å². The molecule has 1 saturated carbocycles. The molecule has 0 aromatic carbocycles. The molecule has 2 rings (SSSR count). The molecule has 0 aliphatic heterocycles. The molecule has 6 heteroatoms. The Bertz CT molecular complexity index is 506. The van der Waals surface area contributed by atoms with E-state index in [1.54, 1.807) is 6.07 Å². The van der Waals surface area contributed by atoms with Crippen molar-refractivity contribution in [1.29, 1.82) is 0 Å². The zero-order valence-corrected chi connectivity index (χ0v) is 13.1. The highest BCUT2D eigenvalue weighted by Gasteiger charge is 2.23. The SMILES string of the molecule is CCC(C)CNS(=O)(=O)c1ccsc1CNC1CC1. The summed E-state index contributed by atoms with van der Waals surface area (Å²) in [7, 11) is -3.36. The van der Waals surface area contributed by atoms with E-state index in [1.807, 2.05) is 12.3 Å². The van der Waals surface area contributed by atoms with Gasteiger partial charge in [-0.3, -0.25) is 0 Å². The predicted octanol–water partition coefficient (Wildman–Crippen LogP) is 2.32. The van der Waals surface area contributed by atoms with E-state index < -0.39 is 10.0 Å². The molecule has 1 aromatic heterocycles. The number of thiophene rings is 1. The van der Waals surface area contributed by atoms with Crippen LogP contribution in [0, 0.1) is 5.92 Å². The van der Waals surface area contributed by atoms with Crippen molar-refractivity contribution in [2.24, 2.45) is 5.92 Å². The highest BCUT2D eigenvalue weighted by atomic mass is 32.2. The molecule has 1 aliphatic carbocycles. The van der Waals surface area contributed by atoms with E-state index in [-0.39, 0.29) is 0 Å². The highest BCUT2D eigenvalue weighted by Crippen LogP contribution is 2.24. The van der Waals surface area contributed by atoms with E-state index in [1.165, 1.54) is 24.2 Å². The van der Waals surface area contributed by atoms with E-state index in [9.17, 15) is 8.42 Å². The van der Waals surface area contributed by atoms with Crippen LogP contribution in [0.2, 0.25) is 0 Å². The van der Waals surface area contributed by atoms with Crippen molar-refractivity contribution in [3.63, 3.8) is 0 Å². The molecule has 4 nitrogen and oxygen atoms in total. The molecule has 1 aromatic rings. The first-order chi connectivity index (χ1) is 9.03. The fourth-order valence-corrected chi connectivity index (χ4v) is 4.25. The minimum atomic E-state index is -3.36. The number of rotatable bonds is 8. The molecule has 1 atom stereocenters. The van der Waals surface area contributed by atoms with Gasteiger partial charge in [0.25, 0.3) is 0 Å². The minimum absolute atomic E-state index is 0.362. The summed E-state index contributed by atoms with van der Waals surface area (Å²) < 4.78 is 27.2. The average molecular weight is 302 g/mol. The van der Waals surface area contributed by atoms with Crippen LogP contribution >= 0.6 is 11.3 Å². The van der Waals surface area contributed by atoms with Crippen LogP contribution in [0.15, 0.2) is 16.3 Å². The summed E-state index contributed by atoms with van der Waals surface area (Å²) in [5.74, 6) is 0.362. The zero-order chi connectivity index (χ0) is 13.9. The summed E-state index contributed by atoms with van der Waals surface area (Å²) in [6.45, 7) is 5.27. The Morgan fingerprint density at radius 1 is 1.47 bits per heavy atom. The summed E-state index contributed by atoms with van der Waals surface area (Å²) in [6.07, 6.45) is 3.39. The van der Waals surface area contributed by atoms with Crippen LogP contribution in [0.4, 0.5) is 0 Å². The van der Waals surface area contributed by atoms with Crippen molar-refractivity contribution in [2.75, 3.05) is 6.54 Å². The Morgan fingerprint density at radius 3 is 2.84 bits per heavy atom. The third-order valence-electron chi connectivity index (χ3n) is 3.44. The molecule has 0 bridgehead atoms. The van der Waals surface area contributed by atoms with Gasteiger partial charge in [-0.25, -0.2) is 13.1 Å². The highest BCUT2D eigenvalue weighted by molar-refractivity contribution is 7.89. The lowest BCUT2D eigenvalue weighted by Gasteiger charge is -2.11. The summed E-state index contributed by atoms with van der Waals surface area (Å²) in [5.41, 5.74) is 0. The summed E-state index contributed by atoms with van der Waals surface area (Å²) in [5, 5.41) is 5.21. The van der Waals surface area contributed by atoms with E-state index in [0.29, 0.717) is 29.9 Å². The van der Waals surface area contributed by atoms with Gasteiger partial charge >= 0.3 is 0 Å². The molecule has 0 saturated heterocycles. The van der Waals surface area contributed by atoms with Crippen LogP contribution in [-0.2, 0) is 16.6 Å². The Kier molecular flexibility index (Phi) is 5.00. The van der Waals surface area contributed by atoms with E-state index >= 15 is 0 Å². The van der Waals surface area contributed by atoms with E-state index in [4.69, 9.17) is 0 Å². The van der Waals surface area contributed by atoms with Crippen molar-refractivity contribution < 1.29 is 8.42 Å². The largest absolute Gasteiger partial charge is 0.309 e. The lowest BCUT2D eigenvalue weighted by molar-refractivity contribution is 0.528. The quantitative estimate of drug-likeness (QED) is 0.775. The van der Waals surface area contributed by atoms with E-state index in [0.717, 1.165) is 11.3 Å². The van der Waals surface area contributed by atoms with Crippen molar-refractivity contribution in [3.8, 4) is 0 Å². The lowest BCUT2D eigenvalue weighted by Crippen LogP contribution is -2.29. The summed E-state index contributed by atoms with van der Waals surface area (Å²) in [4.78, 5) is 1.34. The van der Waals surface area contributed by atoms with Gasteiger partial charge in [0.1, 0.15) is 0 Å². The van der Waals surface area contributed by atoms with Crippen LogP contribution in [0.3, 0.4) is 0 Å². The Balaban J connectivity index is 2.00. The third kappa shape index (κ3) is 4.27. The van der Waals surface area contributed by atoms with Gasteiger partial charge in [0.05, 0.1) is 4.90 Å². The second-order valence-electron chi connectivity index (χ2n) is 5.23. The van der Waals surface area contributed by atoms with Gasteiger partial charge in [-0.2, -0.15) is 0 Å². The normalized spacial score (nSPS) is 17.6. The van der Waals surface area contributed by atoms with Crippen LogP contribution in [-0.4, -0.2) is 21.0 Å². The first-order valence-corrected chi connectivity index (χ1v) is 9.18. The van der Waals surface area contributed by atoms with Crippen LogP contribution in [0.1, 0.15) is 38.0 Å². The molecular weight excluding hydrogens is 280 g/mol. The standard InChI is InChI=1S/C13H22N2O2S2/c1-3-10(2)8-15-19(16,17)13-6-7-18-12(13)9-14-11-4-5-11/h6-7,10-11,14-15H,3-5,8-9H2,1-2H3. The van der Waals surface area contributed by atoms with Crippen LogP contribution in [0.25, 0.3) is 0 Å². The monoisotopic (exact) mass is 302 g/mol. The smallest absolute Gasteiger partial charge is 0.241 e. The number of hydrogen-bond acceptors (Lipinski definition) is 4. The predicted molar refractivity (Wildman–Crippen MR) is 78.8 cm³/mol. The molecular formula is C13H22N2O2S2. The molecule has 1 heterocycles. The molecule has 19 heavy (non-hydrogen) atoms. The molecule has 1 aliphatic rings. The molecule has 1 unspecified atom stereocenters. The van der Waals surface area contributed by atoms with Gasteiger partial charge in [0.2, 0.25) is 10.0 Å². The van der Waals surface area contributed by atoms with Gasteiger partial charge in [0.15, 0.2) is 0 Å². The molecule has 108 valence electrons. The molecule has 1 fully saturated rings. The van der Waals surface area contributed by atoms with Crippen molar-refractivity contribution in [2.45, 2.75) is 50.6 Å². The van der Waals surface area contributed by atoms with Crippen molar-refractivity contribution >= 4 is 21.4 Å². The summed E-state index contributed by atoms with van der Waals surface area (Å²) in [6, 6.07) is 2.29. The maximum Gasteiger partial charge on any atom is 0.241 e. The molecule has 0 amide bonds. The van der Waals surface area contributed by atoms with Crippen molar-refractivity contribution in [3.05, 3.63) is 16.3 Å². The fourth-order valence-electron chi connectivity index (χ4n) is 1.70. The zero-order valence-electron chi connectivity index (χ0n) is 11.5. The lowest BCUT2D eigenvalue weighted by atomic mass is 10.1. The first-order valence-electron chi connectivity index (χ1n) is 6.82. The third-order valence-corrected chi connectivity index (χ3v) is 6.00. The first kappa shape index (κ1) is 15.0. The number of hydrogen-bond donors (Lipinski definition) is 2. The average Bonchev–Trinajstić information content (AvgIpc) is 3.09. The number of nitrogens with one attached hydrogen (secondary N) is 2. The summed E-state index contributed by atoms with van der Waals surface area (Å²) >= 11 is 1.50. The van der Waals surface area contributed by atoms with Gasteiger partial charge < -0.3 is 5.32 Å².